The molecule has 1 N–H and O–H groups in total. The lowest BCUT2D eigenvalue weighted by Crippen LogP contribution is -2.40. The number of carboxylic acid groups (broad SMARTS) is 1. The Bertz CT molecular complexity index is 587. The van der Waals surface area contributed by atoms with E-state index in [4.69, 9.17) is 9.84 Å². The highest BCUT2D eigenvalue weighted by Crippen LogP contribution is 2.26. The molecule has 7 nitrogen and oxygen atoms in total. The molecule has 0 radical (unpaired) electrons. The third kappa shape index (κ3) is 2.54. The number of nitrogens with zero attached hydrogens (tertiary/aromatic N) is 2. The smallest absolute Gasteiger partial charge is 0.322 e. The van der Waals surface area contributed by atoms with E-state index in [0.717, 1.165) is 4.31 Å². The molecule has 8 heteroatoms. The summed E-state index contributed by atoms with van der Waals surface area (Å²) in [6, 6.07) is 3.34. The van der Waals surface area contributed by atoms with Crippen LogP contribution in [0.25, 0.3) is 0 Å². The molecule has 0 bridgehead atoms. The highest BCUT2D eigenvalue weighted by molar-refractivity contribution is 7.89. The predicted molar refractivity (Wildman–Crippen MR) is 65.3 cm³/mol. The van der Waals surface area contributed by atoms with Crippen LogP contribution in [-0.4, -0.2) is 48.5 Å². The van der Waals surface area contributed by atoms with E-state index in [9.17, 15) is 13.2 Å². The van der Waals surface area contributed by atoms with E-state index in [1.165, 1.54) is 25.3 Å². The minimum absolute atomic E-state index is 0.173. The van der Waals surface area contributed by atoms with Crippen molar-refractivity contribution < 1.29 is 23.1 Å². The maximum Gasteiger partial charge on any atom is 0.322 e. The Balaban J connectivity index is 2.38. The molecule has 1 aliphatic heterocycles. The van der Waals surface area contributed by atoms with Gasteiger partial charge in [0.05, 0.1) is 7.11 Å². The van der Waals surface area contributed by atoms with Gasteiger partial charge in [0.15, 0.2) is 5.03 Å². The molecule has 1 saturated heterocycles. The van der Waals surface area contributed by atoms with Crippen LogP contribution in [0.4, 0.5) is 0 Å². The van der Waals surface area contributed by atoms with Gasteiger partial charge in [0.2, 0.25) is 5.88 Å². The standard InChI is InChI=1S/C11H14N2O5S/c1-18-9-5-2-6-10(12-9)19(16,17)13-7-3-4-8(13)11(14)15/h2,5-6,8H,3-4,7H2,1H3,(H,14,15). The molecule has 0 spiro atoms. The van der Waals surface area contributed by atoms with Gasteiger partial charge in [-0.05, 0) is 18.9 Å². The number of ether oxygens (including phenoxy) is 1. The summed E-state index contributed by atoms with van der Waals surface area (Å²) in [6.07, 6.45) is 0.846. The number of aliphatic carboxylic acids is 1. The first-order valence-electron chi connectivity index (χ1n) is 5.72. The van der Waals surface area contributed by atoms with Crippen molar-refractivity contribution in [2.45, 2.75) is 23.9 Å². The number of methoxy groups -OCH3 is 1. The van der Waals surface area contributed by atoms with Crippen LogP contribution in [0.1, 0.15) is 12.8 Å². The fourth-order valence-corrected chi connectivity index (χ4v) is 3.64. The first-order valence-corrected chi connectivity index (χ1v) is 7.16. The summed E-state index contributed by atoms with van der Waals surface area (Å²) in [5.41, 5.74) is 0. The van der Waals surface area contributed by atoms with Gasteiger partial charge in [0.1, 0.15) is 6.04 Å². The first kappa shape index (κ1) is 13.8. The Morgan fingerprint density at radius 1 is 1.53 bits per heavy atom. The van der Waals surface area contributed by atoms with Crippen LogP contribution in [0.15, 0.2) is 23.2 Å². The second-order valence-corrected chi connectivity index (χ2v) is 5.97. The Morgan fingerprint density at radius 3 is 2.89 bits per heavy atom. The first-order chi connectivity index (χ1) is 8.96. The summed E-state index contributed by atoms with van der Waals surface area (Å²) in [5.74, 6) is -0.962. The third-order valence-electron chi connectivity index (χ3n) is 2.97. The minimum Gasteiger partial charge on any atom is -0.481 e. The number of aromatic nitrogens is 1. The molecular weight excluding hydrogens is 272 g/mol. The van der Waals surface area contributed by atoms with Gasteiger partial charge in [0.25, 0.3) is 10.0 Å². The predicted octanol–water partition coefficient (Wildman–Crippen LogP) is 0.328. The molecule has 1 unspecified atom stereocenters. The second kappa shape index (κ2) is 5.14. The highest BCUT2D eigenvalue weighted by Gasteiger charge is 2.40. The molecule has 1 fully saturated rings. The van der Waals surface area contributed by atoms with Crippen molar-refractivity contribution in [2.75, 3.05) is 13.7 Å². The van der Waals surface area contributed by atoms with Crippen molar-refractivity contribution >= 4 is 16.0 Å². The number of carbonyl (C=O) groups is 1. The third-order valence-corrected chi connectivity index (χ3v) is 4.78. The summed E-state index contributed by atoms with van der Waals surface area (Å²) < 4.78 is 30.6. The largest absolute Gasteiger partial charge is 0.481 e. The van der Waals surface area contributed by atoms with E-state index in [1.54, 1.807) is 0 Å². The SMILES string of the molecule is COc1cccc(S(=O)(=O)N2CCCC2C(=O)O)n1. The zero-order valence-electron chi connectivity index (χ0n) is 10.3. The number of hydrogen-bond donors (Lipinski definition) is 1. The molecule has 2 heterocycles. The number of carboxylic acids is 1. The molecule has 1 aliphatic rings. The lowest BCUT2D eigenvalue weighted by Gasteiger charge is -2.20. The quantitative estimate of drug-likeness (QED) is 0.856. The van der Waals surface area contributed by atoms with Crippen molar-refractivity contribution in [3.8, 4) is 5.88 Å². The van der Waals surface area contributed by atoms with Gasteiger partial charge < -0.3 is 9.84 Å². The van der Waals surface area contributed by atoms with Crippen molar-refractivity contribution in [1.29, 1.82) is 0 Å². The zero-order valence-corrected chi connectivity index (χ0v) is 11.1. The average Bonchev–Trinajstić information content (AvgIpc) is 2.89. The van der Waals surface area contributed by atoms with Gasteiger partial charge >= 0.3 is 5.97 Å². The van der Waals surface area contributed by atoms with Gasteiger partial charge in [-0.1, -0.05) is 6.07 Å². The minimum atomic E-state index is -3.90. The molecular formula is C11H14N2O5S. The van der Waals surface area contributed by atoms with Gasteiger partial charge in [-0.15, -0.1) is 0 Å². The Labute approximate surface area is 110 Å². The van der Waals surface area contributed by atoms with Gasteiger partial charge in [-0.3, -0.25) is 4.79 Å². The van der Waals surface area contributed by atoms with E-state index < -0.39 is 22.0 Å². The van der Waals surface area contributed by atoms with Gasteiger partial charge in [-0.2, -0.15) is 4.31 Å². The topological polar surface area (TPSA) is 96.8 Å². The van der Waals surface area contributed by atoms with E-state index in [1.807, 2.05) is 0 Å². The van der Waals surface area contributed by atoms with Crippen molar-refractivity contribution in [2.24, 2.45) is 0 Å². The lowest BCUT2D eigenvalue weighted by molar-refractivity contribution is -0.140. The average molecular weight is 286 g/mol. The summed E-state index contributed by atoms with van der Waals surface area (Å²) in [7, 11) is -2.52. The molecule has 0 aliphatic carbocycles. The van der Waals surface area contributed by atoms with Gasteiger partial charge in [0, 0.05) is 12.6 Å². The fraction of sp³-hybridized carbons (Fsp3) is 0.455. The number of rotatable bonds is 4. The van der Waals surface area contributed by atoms with E-state index in [-0.39, 0.29) is 17.5 Å². The van der Waals surface area contributed by atoms with Crippen LogP contribution < -0.4 is 4.74 Å². The monoisotopic (exact) mass is 286 g/mol. The molecule has 0 aromatic carbocycles. The molecule has 0 amide bonds. The van der Waals surface area contributed by atoms with Crippen LogP contribution in [0.3, 0.4) is 0 Å². The Morgan fingerprint density at radius 2 is 2.26 bits per heavy atom. The number of pyridine rings is 1. The van der Waals surface area contributed by atoms with E-state index >= 15 is 0 Å². The Kier molecular flexibility index (Phi) is 3.72. The normalized spacial score (nSPS) is 20.4. The summed E-state index contributed by atoms with van der Waals surface area (Å²) >= 11 is 0. The molecule has 1 aromatic heterocycles. The lowest BCUT2D eigenvalue weighted by atomic mass is 10.2. The van der Waals surface area contributed by atoms with Gasteiger partial charge in [-0.25, -0.2) is 13.4 Å². The number of hydrogen-bond acceptors (Lipinski definition) is 5. The maximum atomic E-state index is 12.4. The van der Waals surface area contributed by atoms with Crippen molar-refractivity contribution in [1.82, 2.24) is 9.29 Å². The molecule has 19 heavy (non-hydrogen) atoms. The van der Waals surface area contributed by atoms with Crippen LogP contribution in [-0.2, 0) is 14.8 Å². The molecule has 0 saturated carbocycles. The summed E-state index contributed by atoms with van der Waals surface area (Å²) in [4.78, 5) is 14.9. The van der Waals surface area contributed by atoms with Crippen molar-refractivity contribution in [3.05, 3.63) is 18.2 Å². The van der Waals surface area contributed by atoms with Crippen LogP contribution in [0.2, 0.25) is 0 Å². The Hall–Kier alpha value is -1.67. The fourth-order valence-electron chi connectivity index (χ4n) is 2.05. The summed E-state index contributed by atoms with van der Waals surface area (Å²) in [6.45, 7) is 0.193. The molecule has 2 rings (SSSR count). The maximum absolute atomic E-state index is 12.4. The van der Waals surface area contributed by atoms with Crippen molar-refractivity contribution in [3.63, 3.8) is 0 Å². The molecule has 104 valence electrons. The molecule has 1 aromatic rings. The van der Waals surface area contributed by atoms with Crippen LogP contribution in [0, 0.1) is 0 Å². The van der Waals surface area contributed by atoms with E-state index in [0.29, 0.717) is 12.8 Å². The zero-order chi connectivity index (χ0) is 14.0. The second-order valence-electron chi connectivity index (χ2n) is 4.13. The van der Waals surface area contributed by atoms with E-state index in [2.05, 4.69) is 4.98 Å². The number of sulfonamides is 1. The van der Waals surface area contributed by atoms with Crippen LogP contribution >= 0.6 is 0 Å². The highest BCUT2D eigenvalue weighted by atomic mass is 32.2. The van der Waals surface area contributed by atoms with Crippen LogP contribution in [0.5, 0.6) is 5.88 Å². The summed E-state index contributed by atoms with van der Waals surface area (Å²) in [5, 5.41) is 8.85. The molecule has 1 atom stereocenters.